The Labute approximate surface area is 135 Å². The van der Waals surface area contributed by atoms with Crippen LogP contribution in [0, 0.1) is 0 Å². The van der Waals surface area contributed by atoms with Crippen molar-refractivity contribution < 1.29 is 13.2 Å². The summed E-state index contributed by atoms with van der Waals surface area (Å²) >= 11 is 3.35. The van der Waals surface area contributed by atoms with Gasteiger partial charge < -0.3 is 4.74 Å². The molecule has 0 aliphatic carbocycles. The second-order valence-corrected chi connectivity index (χ2v) is 7.93. The summed E-state index contributed by atoms with van der Waals surface area (Å²) in [5, 5.41) is 7.40. The fourth-order valence-electron chi connectivity index (χ4n) is 1.94. The summed E-state index contributed by atoms with van der Waals surface area (Å²) in [6.45, 7) is 3.65. The fourth-order valence-corrected chi connectivity index (χ4v) is 3.27. The molecule has 0 saturated heterocycles. The molecule has 0 saturated carbocycles. The zero-order chi connectivity index (χ0) is 15.8. The zero-order valence-corrected chi connectivity index (χ0v) is 14.7. The van der Waals surface area contributed by atoms with E-state index in [0.717, 1.165) is 4.47 Å². The summed E-state index contributed by atoms with van der Waals surface area (Å²) in [4.78, 5) is 0. The van der Waals surface area contributed by atoms with Crippen LogP contribution in [0.25, 0.3) is 11.4 Å². The third-order valence-electron chi connectivity index (χ3n) is 2.80. The normalized spacial score (nSPS) is 11.9. The predicted octanol–water partition coefficient (Wildman–Crippen LogP) is 3.22. The number of nitrogens with zero attached hydrogens (tertiary/aromatic N) is 3. The van der Waals surface area contributed by atoms with Crippen molar-refractivity contribution in [3.05, 3.63) is 22.7 Å². The third-order valence-corrected chi connectivity index (χ3v) is 4.43. The van der Waals surface area contributed by atoms with E-state index in [1.54, 1.807) is 12.1 Å². The molecule has 1 heterocycles. The highest BCUT2D eigenvalue weighted by atomic mass is 79.9. The quantitative estimate of drug-likeness (QED) is 0.744. The molecule has 0 spiro atoms. The van der Waals surface area contributed by atoms with E-state index in [2.05, 4.69) is 26.1 Å². The number of aromatic nitrogens is 3. The number of hydrogen-bond donors (Lipinski definition) is 0. The van der Waals surface area contributed by atoms with Crippen molar-refractivity contribution in [3.63, 3.8) is 0 Å². The summed E-state index contributed by atoms with van der Waals surface area (Å²) in [5.74, 6) is 0.936. The van der Waals surface area contributed by atoms with Gasteiger partial charge >= 0.3 is 0 Å². The summed E-state index contributed by atoms with van der Waals surface area (Å²) in [6.07, 6.45) is 0. The Hall–Kier alpha value is -1.12. The third kappa shape index (κ3) is 3.22. The van der Waals surface area contributed by atoms with E-state index in [1.807, 2.05) is 19.9 Å². The van der Waals surface area contributed by atoms with Gasteiger partial charge in [-0.2, -0.15) is 0 Å². The monoisotopic (exact) mass is 393 g/mol. The van der Waals surface area contributed by atoms with Crippen LogP contribution >= 0.6 is 26.6 Å². The van der Waals surface area contributed by atoms with Crippen LogP contribution in [0.4, 0.5) is 0 Å². The summed E-state index contributed by atoms with van der Waals surface area (Å²) < 4.78 is 30.8. The van der Waals surface area contributed by atoms with Gasteiger partial charge in [-0.1, -0.05) is 15.9 Å². The maximum Gasteiger partial charge on any atom is 0.296 e. The number of methoxy groups -OCH3 is 1. The van der Waals surface area contributed by atoms with Gasteiger partial charge in [0.2, 0.25) is 0 Å². The standard InChI is InChI=1S/C12H13BrClN3O3S/c1-7(2)17-11(15-16-12(17)21(14,18)19)9-5-4-8(13)6-10(9)20-3/h4-7H,1-3H3. The molecule has 0 unspecified atom stereocenters. The molecule has 1 aromatic heterocycles. The van der Waals surface area contributed by atoms with Crippen molar-refractivity contribution in [2.24, 2.45) is 0 Å². The zero-order valence-electron chi connectivity index (χ0n) is 11.5. The van der Waals surface area contributed by atoms with Crippen LogP contribution in [0.1, 0.15) is 19.9 Å². The average molecular weight is 395 g/mol. The molecule has 0 atom stereocenters. The lowest BCUT2D eigenvalue weighted by Crippen LogP contribution is -2.10. The van der Waals surface area contributed by atoms with E-state index in [4.69, 9.17) is 15.4 Å². The average Bonchev–Trinajstić information content (AvgIpc) is 2.83. The van der Waals surface area contributed by atoms with Crippen molar-refractivity contribution in [1.29, 1.82) is 0 Å². The molecule has 2 aromatic rings. The topological polar surface area (TPSA) is 74.1 Å². The minimum Gasteiger partial charge on any atom is -0.496 e. The van der Waals surface area contributed by atoms with E-state index in [9.17, 15) is 8.42 Å². The van der Waals surface area contributed by atoms with Gasteiger partial charge in [0.05, 0.1) is 12.7 Å². The number of benzene rings is 1. The van der Waals surface area contributed by atoms with Crippen LogP contribution < -0.4 is 4.74 Å². The Bertz CT molecular complexity index is 774. The smallest absolute Gasteiger partial charge is 0.296 e. The summed E-state index contributed by atoms with van der Waals surface area (Å²) in [5.41, 5.74) is 0.633. The first-order valence-corrected chi connectivity index (χ1v) is 9.09. The van der Waals surface area contributed by atoms with E-state index in [-0.39, 0.29) is 11.2 Å². The molecule has 0 amide bonds. The van der Waals surface area contributed by atoms with Gasteiger partial charge in [-0.25, -0.2) is 8.42 Å². The lowest BCUT2D eigenvalue weighted by atomic mass is 10.2. The molecular weight excluding hydrogens is 382 g/mol. The van der Waals surface area contributed by atoms with E-state index >= 15 is 0 Å². The summed E-state index contributed by atoms with van der Waals surface area (Å²) in [6, 6.07) is 5.17. The van der Waals surface area contributed by atoms with Gasteiger partial charge in [-0.3, -0.25) is 4.57 Å². The molecule has 114 valence electrons. The number of ether oxygens (including phenoxy) is 1. The number of hydrogen-bond acceptors (Lipinski definition) is 5. The maximum absolute atomic E-state index is 11.6. The highest BCUT2D eigenvalue weighted by Crippen LogP contribution is 2.34. The second-order valence-electron chi connectivity index (χ2n) is 4.55. The van der Waals surface area contributed by atoms with Crippen LogP contribution in [-0.4, -0.2) is 30.3 Å². The van der Waals surface area contributed by atoms with Gasteiger partial charge in [-0.15, -0.1) is 10.2 Å². The second kappa shape index (κ2) is 5.94. The molecule has 0 fully saturated rings. The maximum atomic E-state index is 11.6. The molecule has 6 nitrogen and oxygen atoms in total. The lowest BCUT2D eigenvalue weighted by Gasteiger charge is -2.14. The van der Waals surface area contributed by atoms with Crippen molar-refractivity contribution in [1.82, 2.24) is 14.8 Å². The van der Waals surface area contributed by atoms with Crippen LogP contribution in [0.2, 0.25) is 0 Å². The Morgan fingerprint density at radius 3 is 2.52 bits per heavy atom. The predicted molar refractivity (Wildman–Crippen MR) is 83.1 cm³/mol. The molecule has 1 aromatic carbocycles. The van der Waals surface area contributed by atoms with Crippen molar-refractivity contribution in [2.45, 2.75) is 25.0 Å². The Morgan fingerprint density at radius 1 is 1.33 bits per heavy atom. The Kier molecular flexibility index (Phi) is 4.60. The summed E-state index contributed by atoms with van der Waals surface area (Å²) in [7, 11) is 2.96. The molecular formula is C12H13BrClN3O3S. The molecule has 0 bridgehead atoms. The fraction of sp³-hybridized carbons (Fsp3) is 0.333. The molecule has 0 N–H and O–H groups in total. The van der Waals surface area contributed by atoms with Crippen LogP contribution in [0.3, 0.4) is 0 Å². The van der Waals surface area contributed by atoms with Crippen LogP contribution in [0.15, 0.2) is 27.8 Å². The minimum atomic E-state index is -3.98. The molecule has 2 rings (SSSR count). The highest BCUT2D eigenvalue weighted by Gasteiger charge is 2.26. The van der Waals surface area contributed by atoms with Crippen molar-refractivity contribution >= 4 is 35.7 Å². The van der Waals surface area contributed by atoms with Gasteiger partial charge in [0.15, 0.2) is 5.82 Å². The molecule has 0 aliphatic rings. The van der Waals surface area contributed by atoms with E-state index < -0.39 is 9.05 Å². The number of rotatable bonds is 4. The lowest BCUT2D eigenvalue weighted by molar-refractivity contribution is 0.415. The van der Waals surface area contributed by atoms with Gasteiger partial charge in [0, 0.05) is 21.2 Å². The van der Waals surface area contributed by atoms with Crippen LogP contribution in [-0.2, 0) is 9.05 Å². The van der Waals surface area contributed by atoms with Crippen molar-refractivity contribution in [3.8, 4) is 17.1 Å². The largest absolute Gasteiger partial charge is 0.496 e. The first-order chi connectivity index (χ1) is 9.75. The van der Waals surface area contributed by atoms with Gasteiger partial charge in [0.1, 0.15) is 5.75 Å². The SMILES string of the molecule is COc1cc(Br)ccc1-c1nnc(S(=O)(=O)Cl)n1C(C)C. The number of halogens is 2. The first kappa shape index (κ1) is 16.3. The molecule has 0 aliphatic heterocycles. The van der Waals surface area contributed by atoms with E-state index in [1.165, 1.54) is 11.7 Å². The van der Waals surface area contributed by atoms with Gasteiger partial charge in [0.25, 0.3) is 14.2 Å². The Morgan fingerprint density at radius 2 is 2.00 bits per heavy atom. The minimum absolute atomic E-state index is 0.188. The van der Waals surface area contributed by atoms with Gasteiger partial charge in [-0.05, 0) is 32.0 Å². The van der Waals surface area contributed by atoms with Crippen LogP contribution in [0.5, 0.6) is 5.75 Å². The highest BCUT2D eigenvalue weighted by molar-refractivity contribution is 9.10. The van der Waals surface area contributed by atoms with Crippen molar-refractivity contribution in [2.75, 3.05) is 7.11 Å². The van der Waals surface area contributed by atoms with E-state index in [0.29, 0.717) is 17.1 Å². The molecule has 0 radical (unpaired) electrons. The first-order valence-electron chi connectivity index (χ1n) is 5.99. The molecule has 21 heavy (non-hydrogen) atoms. The Balaban J connectivity index is 2.74. The molecule has 9 heteroatoms.